The van der Waals surface area contributed by atoms with Crippen LogP contribution in [0.5, 0.6) is 0 Å². The van der Waals surface area contributed by atoms with Crippen molar-refractivity contribution in [3.63, 3.8) is 0 Å². The number of aromatic amines is 2. The quantitative estimate of drug-likeness (QED) is 0.306. The Morgan fingerprint density at radius 1 is 0.969 bits per heavy atom. The molecular weight excluding hydrogens is 438 g/mol. The normalized spacial score (nSPS) is 11.4. The number of H-pyrrole nitrogens is 2. The second-order valence-electron chi connectivity index (χ2n) is 7.36. The topological polar surface area (TPSA) is 86.5 Å². The minimum atomic E-state index is -0.118. The van der Waals surface area contributed by atoms with Gasteiger partial charge in [-0.15, -0.1) is 22.7 Å². The summed E-state index contributed by atoms with van der Waals surface area (Å²) in [6, 6.07) is 21.8. The third-order valence-corrected chi connectivity index (χ3v) is 7.44. The third-order valence-electron chi connectivity index (χ3n) is 5.29. The van der Waals surface area contributed by atoms with E-state index in [2.05, 4.69) is 49.1 Å². The maximum absolute atomic E-state index is 12.7. The monoisotopic (exact) mass is 455 g/mol. The maximum atomic E-state index is 12.7. The highest BCUT2D eigenvalue weighted by atomic mass is 32.1. The highest BCUT2D eigenvalue weighted by molar-refractivity contribution is 7.21. The average Bonchev–Trinajstić information content (AvgIpc) is 3.61. The Hall–Kier alpha value is -3.75. The minimum Gasteiger partial charge on any atom is -0.347 e. The first-order valence-corrected chi connectivity index (χ1v) is 11.8. The lowest BCUT2D eigenvalue weighted by Crippen LogP contribution is -2.22. The Bertz CT molecular complexity index is 1560. The summed E-state index contributed by atoms with van der Waals surface area (Å²) in [4.78, 5) is 24.3. The van der Waals surface area contributed by atoms with Crippen molar-refractivity contribution in [3.05, 3.63) is 82.6 Å². The number of nitrogens with one attached hydrogen (secondary N) is 3. The van der Waals surface area contributed by atoms with Crippen molar-refractivity contribution in [2.24, 2.45) is 0 Å². The molecule has 6 aromatic rings. The zero-order chi connectivity index (χ0) is 21.5. The number of carbonyl (C=O) groups excluding carboxylic acids is 1. The number of rotatable bonds is 5. The molecule has 4 heterocycles. The number of benzene rings is 2. The van der Waals surface area contributed by atoms with Gasteiger partial charge >= 0.3 is 0 Å². The van der Waals surface area contributed by atoms with Gasteiger partial charge < -0.3 is 10.3 Å². The fourth-order valence-corrected chi connectivity index (χ4v) is 5.48. The molecule has 0 saturated carbocycles. The number of hydrogen-bond donors (Lipinski definition) is 3. The molecule has 0 radical (unpaired) electrons. The summed E-state index contributed by atoms with van der Waals surface area (Å²) < 4.78 is 0. The lowest BCUT2D eigenvalue weighted by atomic mass is 10.2. The van der Waals surface area contributed by atoms with Gasteiger partial charge in [-0.1, -0.05) is 24.3 Å². The van der Waals surface area contributed by atoms with Crippen molar-refractivity contribution in [3.8, 4) is 21.3 Å². The smallest absolute Gasteiger partial charge is 0.251 e. The van der Waals surface area contributed by atoms with Crippen LogP contribution in [0.4, 0.5) is 0 Å². The van der Waals surface area contributed by atoms with E-state index in [4.69, 9.17) is 0 Å². The summed E-state index contributed by atoms with van der Waals surface area (Å²) in [7, 11) is 0. The summed E-state index contributed by atoms with van der Waals surface area (Å²) in [5, 5.41) is 13.5. The van der Waals surface area contributed by atoms with Gasteiger partial charge in [0.15, 0.2) is 5.82 Å². The molecule has 0 bridgehead atoms. The molecule has 4 aromatic heterocycles. The third kappa shape index (κ3) is 3.39. The minimum absolute atomic E-state index is 0.118. The molecule has 0 unspecified atom stereocenters. The molecular formula is C24H17N5OS2. The molecule has 0 atom stereocenters. The number of hydrogen-bond acceptors (Lipinski definition) is 5. The van der Waals surface area contributed by atoms with Crippen molar-refractivity contribution in [1.29, 1.82) is 0 Å². The highest BCUT2D eigenvalue weighted by Crippen LogP contribution is 2.31. The number of para-hydroxylation sites is 1. The van der Waals surface area contributed by atoms with Gasteiger partial charge in [-0.25, -0.2) is 4.98 Å². The van der Waals surface area contributed by atoms with E-state index in [0.717, 1.165) is 32.5 Å². The molecule has 0 aliphatic carbocycles. The van der Waals surface area contributed by atoms with Gasteiger partial charge in [0.1, 0.15) is 5.69 Å². The van der Waals surface area contributed by atoms with Gasteiger partial charge in [-0.2, -0.15) is 5.10 Å². The number of thiophene rings is 2. The molecule has 0 aliphatic rings. The summed E-state index contributed by atoms with van der Waals surface area (Å²) >= 11 is 3.42. The molecule has 1 amide bonds. The van der Waals surface area contributed by atoms with Crippen LogP contribution in [-0.2, 0) is 6.54 Å². The zero-order valence-corrected chi connectivity index (χ0v) is 18.4. The van der Waals surface area contributed by atoms with E-state index in [9.17, 15) is 4.79 Å². The molecule has 2 aromatic carbocycles. The van der Waals surface area contributed by atoms with Crippen LogP contribution in [0.1, 0.15) is 15.2 Å². The lowest BCUT2D eigenvalue weighted by molar-refractivity contribution is 0.0951. The predicted octanol–water partition coefficient (Wildman–Crippen LogP) is 5.83. The van der Waals surface area contributed by atoms with Crippen molar-refractivity contribution < 1.29 is 4.79 Å². The molecule has 0 saturated heterocycles. The van der Waals surface area contributed by atoms with Gasteiger partial charge in [0.25, 0.3) is 5.91 Å². The summed E-state index contributed by atoms with van der Waals surface area (Å²) in [6.45, 7) is 0.498. The molecule has 0 spiro atoms. The number of aromatic nitrogens is 4. The van der Waals surface area contributed by atoms with Crippen molar-refractivity contribution in [2.45, 2.75) is 6.54 Å². The Morgan fingerprint density at radius 3 is 2.81 bits per heavy atom. The molecule has 3 N–H and O–H groups in total. The number of nitrogens with zero attached hydrogens (tertiary/aromatic N) is 2. The van der Waals surface area contributed by atoms with Crippen LogP contribution in [0.15, 0.2) is 72.1 Å². The van der Waals surface area contributed by atoms with Crippen LogP contribution in [-0.4, -0.2) is 26.1 Å². The van der Waals surface area contributed by atoms with E-state index >= 15 is 0 Å². The molecule has 6 rings (SSSR count). The van der Waals surface area contributed by atoms with Gasteiger partial charge in [0.2, 0.25) is 0 Å². The molecule has 0 aliphatic heterocycles. The Labute approximate surface area is 191 Å². The van der Waals surface area contributed by atoms with Crippen LogP contribution in [0.2, 0.25) is 0 Å². The first-order chi connectivity index (χ1) is 15.7. The van der Waals surface area contributed by atoms with Crippen LogP contribution >= 0.6 is 22.7 Å². The van der Waals surface area contributed by atoms with Crippen LogP contribution < -0.4 is 5.32 Å². The van der Waals surface area contributed by atoms with E-state index in [1.54, 1.807) is 22.7 Å². The Morgan fingerprint density at radius 2 is 1.91 bits per heavy atom. The van der Waals surface area contributed by atoms with E-state index in [1.807, 2.05) is 48.5 Å². The predicted molar refractivity (Wildman–Crippen MR) is 130 cm³/mol. The number of amides is 1. The van der Waals surface area contributed by atoms with Crippen molar-refractivity contribution >= 4 is 50.5 Å². The van der Waals surface area contributed by atoms with Crippen LogP contribution in [0.25, 0.3) is 43.2 Å². The highest BCUT2D eigenvalue weighted by Gasteiger charge is 2.14. The molecule has 8 heteroatoms. The second-order valence-corrected chi connectivity index (χ2v) is 9.48. The second kappa shape index (κ2) is 7.74. The first kappa shape index (κ1) is 19.0. The van der Waals surface area contributed by atoms with Crippen LogP contribution in [0, 0.1) is 0 Å². The fourth-order valence-electron chi connectivity index (χ4n) is 3.70. The Balaban J connectivity index is 1.21. The Kier molecular flexibility index (Phi) is 4.59. The largest absolute Gasteiger partial charge is 0.347 e. The van der Waals surface area contributed by atoms with Gasteiger partial charge in [0.05, 0.1) is 23.1 Å². The number of fused-ring (bicyclic) bond motifs is 2. The molecule has 6 nitrogen and oxygen atoms in total. The maximum Gasteiger partial charge on any atom is 0.251 e. The number of imidazole rings is 1. The number of carbonyl (C=O) groups is 1. The molecule has 32 heavy (non-hydrogen) atoms. The van der Waals surface area contributed by atoms with Gasteiger partial charge in [-0.3, -0.25) is 9.89 Å². The summed E-state index contributed by atoms with van der Waals surface area (Å²) in [5.74, 6) is 0.558. The van der Waals surface area contributed by atoms with Crippen LogP contribution in [0.3, 0.4) is 0 Å². The van der Waals surface area contributed by atoms with Gasteiger partial charge in [-0.05, 0) is 47.8 Å². The van der Waals surface area contributed by atoms with E-state index in [-0.39, 0.29) is 5.91 Å². The average molecular weight is 456 g/mol. The lowest BCUT2D eigenvalue weighted by Gasteiger charge is -2.03. The first-order valence-electron chi connectivity index (χ1n) is 10.1. The SMILES string of the molecule is O=C(NCc1ccc(-c2cccs2)s1)c1ccc2[nH]c(-c3n[nH]c4ccccc34)nc2c1. The summed E-state index contributed by atoms with van der Waals surface area (Å²) in [6.07, 6.45) is 0. The molecule has 0 fully saturated rings. The van der Waals surface area contributed by atoms with Crippen molar-refractivity contribution in [1.82, 2.24) is 25.5 Å². The molecule has 156 valence electrons. The van der Waals surface area contributed by atoms with Crippen molar-refractivity contribution in [2.75, 3.05) is 0 Å². The summed E-state index contributed by atoms with van der Waals surface area (Å²) in [5.41, 5.74) is 3.90. The fraction of sp³-hybridized carbons (Fsp3) is 0.0417. The zero-order valence-electron chi connectivity index (χ0n) is 16.8. The van der Waals surface area contributed by atoms with E-state index in [1.165, 1.54) is 9.75 Å². The van der Waals surface area contributed by atoms with E-state index < -0.39 is 0 Å². The van der Waals surface area contributed by atoms with Gasteiger partial charge in [0, 0.05) is 25.6 Å². The van der Waals surface area contributed by atoms with E-state index in [0.29, 0.717) is 17.9 Å². The standard InChI is InChI=1S/C24H17N5OS2/c30-24(25-13-15-8-10-21(32-15)20-6-3-11-31-20)14-7-9-18-19(12-14)27-23(26-18)22-16-4-1-2-5-17(16)28-29-22/h1-12H,13H2,(H,25,30)(H,26,27)(H,28,29).